The van der Waals surface area contributed by atoms with Crippen LogP contribution in [0, 0.1) is 6.92 Å². The summed E-state index contributed by atoms with van der Waals surface area (Å²) in [5.74, 6) is -1.32. The number of amides is 3. The summed E-state index contributed by atoms with van der Waals surface area (Å²) >= 11 is 0. The molecule has 0 saturated carbocycles. The Hall–Kier alpha value is -3.21. The van der Waals surface area contributed by atoms with Gasteiger partial charge in [-0.25, -0.2) is 9.67 Å². The average molecular weight is 388 g/mol. The summed E-state index contributed by atoms with van der Waals surface area (Å²) in [5.41, 5.74) is 0.644. The molecule has 150 valence electrons. The number of nitrogens with one attached hydrogen (secondary N) is 4. The Balaban J connectivity index is 1.54. The van der Waals surface area contributed by atoms with Crippen LogP contribution < -0.4 is 21.3 Å². The van der Waals surface area contributed by atoms with Gasteiger partial charge in [0.2, 0.25) is 5.91 Å². The monoisotopic (exact) mass is 388 g/mol. The Labute approximate surface area is 161 Å². The highest BCUT2D eigenvalue weighted by Crippen LogP contribution is 2.17. The van der Waals surface area contributed by atoms with Crippen molar-refractivity contribution in [3.8, 4) is 0 Å². The first kappa shape index (κ1) is 19.5. The normalized spacial score (nSPS) is 19.1. The van der Waals surface area contributed by atoms with Crippen molar-refractivity contribution in [3.63, 3.8) is 0 Å². The molecular formula is C17H24N8O3. The summed E-state index contributed by atoms with van der Waals surface area (Å²) < 4.78 is 3.34. The number of hydrogen-bond acceptors (Lipinski definition) is 6. The van der Waals surface area contributed by atoms with Gasteiger partial charge in [0.15, 0.2) is 6.29 Å². The molecule has 0 spiro atoms. The summed E-state index contributed by atoms with van der Waals surface area (Å²) in [6.07, 6.45) is 5.64. The number of hydrogen-bond donors (Lipinski definition) is 4. The molecule has 0 aliphatic carbocycles. The molecule has 3 heterocycles. The van der Waals surface area contributed by atoms with E-state index in [4.69, 9.17) is 0 Å². The number of aryl methyl sites for hydroxylation is 2. The van der Waals surface area contributed by atoms with E-state index < -0.39 is 18.1 Å². The molecule has 3 amide bonds. The molecule has 1 saturated heterocycles. The quantitative estimate of drug-likeness (QED) is 0.389. The van der Waals surface area contributed by atoms with E-state index in [1.165, 1.54) is 4.68 Å². The smallest absolute Gasteiger partial charge is 0.314 e. The fourth-order valence-corrected chi connectivity index (χ4v) is 2.93. The number of anilines is 1. The minimum absolute atomic E-state index is 0.0365. The minimum Gasteiger partial charge on any atom is -0.348 e. The predicted octanol–water partition coefficient (Wildman–Crippen LogP) is -0.513. The zero-order chi connectivity index (χ0) is 20.1. The second kappa shape index (κ2) is 8.65. The van der Waals surface area contributed by atoms with Gasteiger partial charge >= 0.3 is 11.8 Å². The van der Waals surface area contributed by atoms with E-state index in [-0.39, 0.29) is 11.9 Å². The Kier molecular flexibility index (Phi) is 6.04. The maximum atomic E-state index is 12.2. The van der Waals surface area contributed by atoms with Crippen LogP contribution in [0.15, 0.2) is 24.8 Å². The van der Waals surface area contributed by atoms with Crippen LogP contribution in [0.25, 0.3) is 0 Å². The number of carbonyl (C=O) groups excluding carboxylic acids is 3. The zero-order valence-corrected chi connectivity index (χ0v) is 15.8. The lowest BCUT2D eigenvalue weighted by atomic mass is 10.2. The summed E-state index contributed by atoms with van der Waals surface area (Å²) in [6, 6.07) is 1.60. The lowest BCUT2D eigenvalue weighted by molar-refractivity contribution is -0.136. The third kappa shape index (κ3) is 4.94. The van der Waals surface area contributed by atoms with Crippen molar-refractivity contribution in [1.82, 2.24) is 35.3 Å². The van der Waals surface area contributed by atoms with E-state index in [0.717, 1.165) is 0 Å². The van der Waals surface area contributed by atoms with E-state index in [1.807, 2.05) is 17.7 Å². The number of rotatable bonds is 6. The van der Waals surface area contributed by atoms with Crippen molar-refractivity contribution in [2.45, 2.75) is 45.6 Å². The highest BCUT2D eigenvalue weighted by atomic mass is 16.2. The fraction of sp³-hybridized carbons (Fsp3) is 0.471. The van der Waals surface area contributed by atoms with Gasteiger partial charge in [0, 0.05) is 44.0 Å². The molecule has 4 N–H and O–H groups in total. The molecule has 11 nitrogen and oxygen atoms in total. The van der Waals surface area contributed by atoms with Gasteiger partial charge in [-0.15, -0.1) is 0 Å². The van der Waals surface area contributed by atoms with Crippen molar-refractivity contribution < 1.29 is 14.4 Å². The third-order valence-electron chi connectivity index (χ3n) is 4.22. The number of imidazole rings is 1. The van der Waals surface area contributed by atoms with Crippen LogP contribution in [0.4, 0.5) is 5.82 Å². The molecule has 0 radical (unpaired) electrons. The summed E-state index contributed by atoms with van der Waals surface area (Å²) in [4.78, 5) is 40.0. The Morgan fingerprint density at radius 1 is 1.36 bits per heavy atom. The maximum absolute atomic E-state index is 12.2. The molecule has 0 bridgehead atoms. The first-order valence-corrected chi connectivity index (χ1v) is 9.09. The van der Waals surface area contributed by atoms with Crippen molar-refractivity contribution >= 4 is 23.5 Å². The highest BCUT2D eigenvalue weighted by Gasteiger charge is 2.27. The van der Waals surface area contributed by atoms with Crippen molar-refractivity contribution in [2.24, 2.45) is 0 Å². The third-order valence-corrected chi connectivity index (χ3v) is 4.22. The average Bonchev–Trinajstić information content (AvgIpc) is 3.27. The molecular weight excluding hydrogens is 364 g/mol. The molecule has 1 aliphatic rings. The van der Waals surface area contributed by atoms with Gasteiger partial charge in [0.05, 0.1) is 12.0 Å². The molecule has 28 heavy (non-hydrogen) atoms. The van der Waals surface area contributed by atoms with Crippen LogP contribution in [0.5, 0.6) is 0 Å². The van der Waals surface area contributed by atoms with Crippen LogP contribution >= 0.6 is 0 Å². The van der Waals surface area contributed by atoms with E-state index >= 15 is 0 Å². The summed E-state index contributed by atoms with van der Waals surface area (Å²) in [6.45, 7) is 4.70. The van der Waals surface area contributed by atoms with E-state index in [9.17, 15) is 14.4 Å². The lowest BCUT2D eigenvalue weighted by Gasteiger charge is -2.30. The Morgan fingerprint density at radius 2 is 2.18 bits per heavy atom. The van der Waals surface area contributed by atoms with Crippen LogP contribution in [0.1, 0.15) is 31.7 Å². The van der Waals surface area contributed by atoms with Crippen molar-refractivity contribution in [1.29, 1.82) is 0 Å². The summed E-state index contributed by atoms with van der Waals surface area (Å²) in [5, 5.41) is 15.4. The zero-order valence-electron chi connectivity index (χ0n) is 15.8. The molecule has 2 atom stereocenters. The van der Waals surface area contributed by atoms with Gasteiger partial charge in [-0.1, -0.05) is 0 Å². The standard InChI is InChI=1S/C17H24N8O3/c1-11-9-14(26)22-17(20-11)25-13(8-12(2)23-25)21-16(28)15(27)19-4-3-6-24-7-5-18-10-24/h5,7-8,10-11,17,20H,3-4,6,9H2,1-2H3,(H,19,27)(H,21,28)(H,22,26). The molecule has 3 rings (SSSR count). The van der Waals surface area contributed by atoms with Gasteiger partial charge < -0.3 is 20.5 Å². The largest absolute Gasteiger partial charge is 0.348 e. The molecule has 1 aliphatic heterocycles. The van der Waals surface area contributed by atoms with Gasteiger partial charge in [-0.05, 0) is 20.3 Å². The number of carbonyl (C=O) groups is 3. The second-order valence-electron chi connectivity index (χ2n) is 6.72. The molecule has 0 aromatic carbocycles. The van der Waals surface area contributed by atoms with Crippen LogP contribution in [0.2, 0.25) is 0 Å². The van der Waals surface area contributed by atoms with E-state index in [0.29, 0.717) is 37.4 Å². The van der Waals surface area contributed by atoms with Crippen molar-refractivity contribution in [2.75, 3.05) is 11.9 Å². The maximum Gasteiger partial charge on any atom is 0.314 e. The van der Waals surface area contributed by atoms with E-state index in [1.54, 1.807) is 25.5 Å². The Morgan fingerprint density at radius 3 is 2.89 bits per heavy atom. The fourth-order valence-electron chi connectivity index (χ4n) is 2.93. The van der Waals surface area contributed by atoms with E-state index in [2.05, 4.69) is 31.3 Å². The van der Waals surface area contributed by atoms with Gasteiger partial charge in [0.1, 0.15) is 5.82 Å². The minimum atomic E-state index is -0.793. The van der Waals surface area contributed by atoms with Crippen molar-refractivity contribution in [3.05, 3.63) is 30.5 Å². The SMILES string of the molecule is Cc1cc(NC(=O)C(=O)NCCCn2ccnc2)n(C2NC(=O)CC(C)N2)n1. The second-order valence-corrected chi connectivity index (χ2v) is 6.72. The van der Waals surface area contributed by atoms with Crippen LogP contribution in [0.3, 0.4) is 0 Å². The highest BCUT2D eigenvalue weighted by molar-refractivity contribution is 6.39. The molecule has 2 aromatic heterocycles. The first-order chi connectivity index (χ1) is 13.4. The first-order valence-electron chi connectivity index (χ1n) is 9.09. The number of nitrogens with zero attached hydrogens (tertiary/aromatic N) is 4. The van der Waals surface area contributed by atoms with Crippen LogP contribution in [-0.2, 0) is 20.9 Å². The van der Waals surface area contributed by atoms with Crippen LogP contribution in [-0.4, -0.2) is 49.6 Å². The Bertz CT molecular complexity index is 845. The predicted molar refractivity (Wildman–Crippen MR) is 99.8 cm³/mol. The molecule has 2 aromatic rings. The van der Waals surface area contributed by atoms with Gasteiger partial charge in [-0.3, -0.25) is 19.7 Å². The molecule has 1 fully saturated rings. The number of aromatic nitrogens is 4. The molecule has 2 unspecified atom stereocenters. The topological polar surface area (TPSA) is 135 Å². The van der Waals surface area contributed by atoms with Gasteiger partial charge in [0.25, 0.3) is 0 Å². The summed E-state index contributed by atoms with van der Waals surface area (Å²) in [7, 11) is 0. The van der Waals surface area contributed by atoms with Gasteiger partial charge in [-0.2, -0.15) is 5.10 Å². The lowest BCUT2D eigenvalue weighted by Crippen LogP contribution is -2.52. The molecule has 11 heteroatoms.